The number of fused-ring (bicyclic) bond motifs is 2. The van der Waals surface area contributed by atoms with E-state index in [1.807, 2.05) is 0 Å². The minimum atomic E-state index is 0.908. The Hall–Kier alpha value is -0.0400. The molecule has 0 amide bonds. The molecule has 2 saturated carbocycles. The molecule has 1 heteroatoms. The van der Waals surface area contributed by atoms with Gasteiger partial charge in [0.2, 0.25) is 0 Å². The van der Waals surface area contributed by atoms with E-state index >= 15 is 0 Å². The van der Waals surface area contributed by atoms with Gasteiger partial charge in [-0.3, -0.25) is 4.90 Å². The molecule has 22 heavy (non-hydrogen) atoms. The summed E-state index contributed by atoms with van der Waals surface area (Å²) < 4.78 is 0. The Morgan fingerprint density at radius 1 is 0.455 bits per heavy atom. The quantitative estimate of drug-likeness (QED) is 0.517. The van der Waals surface area contributed by atoms with Crippen LogP contribution in [0.4, 0.5) is 0 Å². The lowest BCUT2D eigenvalue weighted by Crippen LogP contribution is -2.49. The number of hydrogen-bond donors (Lipinski definition) is 0. The van der Waals surface area contributed by atoms with Crippen LogP contribution in [0.5, 0.6) is 0 Å². The zero-order valence-corrected chi connectivity index (χ0v) is 15.1. The summed E-state index contributed by atoms with van der Waals surface area (Å²) in [4.78, 5) is 2.92. The summed E-state index contributed by atoms with van der Waals surface area (Å²) in [7, 11) is 2.51. The average molecular weight is 306 g/mol. The van der Waals surface area contributed by atoms with Crippen molar-refractivity contribution in [3.8, 4) is 0 Å². The Labute approximate surface area is 139 Å². The Kier molecular flexibility index (Phi) is 6.65. The van der Waals surface area contributed by atoms with Crippen LogP contribution in [-0.2, 0) is 0 Å². The summed E-state index contributed by atoms with van der Waals surface area (Å²) in [6, 6.07) is 1.82. The van der Waals surface area contributed by atoms with Crippen molar-refractivity contribution < 1.29 is 0 Å². The Balaban J connectivity index is 1.74. The van der Waals surface area contributed by atoms with Crippen molar-refractivity contribution in [2.75, 3.05) is 7.05 Å². The normalized spacial score (nSPS) is 39.7. The zero-order chi connectivity index (χ0) is 15.2. The fourth-order valence-electron chi connectivity index (χ4n) is 5.89. The molecule has 4 atom stereocenters. The Morgan fingerprint density at radius 3 is 1.32 bits per heavy atom. The van der Waals surface area contributed by atoms with E-state index in [2.05, 4.69) is 11.9 Å². The summed E-state index contributed by atoms with van der Waals surface area (Å²) in [5.74, 6) is 2.02. The Morgan fingerprint density at radius 2 is 0.818 bits per heavy atom. The van der Waals surface area contributed by atoms with Gasteiger partial charge in [-0.15, -0.1) is 0 Å². The van der Waals surface area contributed by atoms with E-state index < -0.39 is 0 Å². The van der Waals surface area contributed by atoms with E-state index in [1.165, 1.54) is 103 Å². The van der Waals surface area contributed by atoms with Gasteiger partial charge in [0.1, 0.15) is 0 Å². The highest BCUT2D eigenvalue weighted by Gasteiger charge is 2.35. The van der Waals surface area contributed by atoms with Gasteiger partial charge in [0.25, 0.3) is 0 Å². The third kappa shape index (κ3) is 4.28. The topological polar surface area (TPSA) is 3.24 Å². The summed E-state index contributed by atoms with van der Waals surface area (Å²) in [6.45, 7) is 0. The minimum Gasteiger partial charge on any atom is -0.300 e. The van der Waals surface area contributed by atoms with Crippen LogP contribution in [0.3, 0.4) is 0 Å². The van der Waals surface area contributed by atoms with Crippen LogP contribution in [0.25, 0.3) is 0 Å². The van der Waals surface area contributed by atoms with Crippen molar-refractivity contribution in [1.82, 2.24) is 4.90 Å². The van der Waals surface area contributed by atoms with Gasteiger partial charge in [0, 0.05) is 12.1 Å². The van der Waals surface area contributed by atoms with Gasteiger partial charge in [-0.25, -0.2) is 0 Å². The van der Waals surface area contributed by atoms with E-state index in [4.69, 9.17) is 0 Å². The fraction of sp³-hybridized carbons (Fsp3) is 1.00. The number of likely N-dealkylation sites (tertiary alicyclic amines) is 1. The molecule has 4 unspecified atom stereocenters. The maximum atomic E-state index is 2.92. The molecule has 0 aromatic heterocycles. The van der Waals surface area contributed by atoms with Crippen LogP contribution in [0.2, 0.25) is 0 Å². The van der Waals surface area contributed by atoms with Crippen molar-refractivity contribution in [3.63, 3.8) is 0 Å². The molecule has 0 N–H and O–H groups in total. The SMILES string of the molecule is CN1C2CCCCCCCC2CCCC2CCCCCCC21. The second kappa shape index (κ2) is 8.71. The molecule has 0 radical (unpaired) electrons. The van der Waals surface area contributed by atoms with Gasteiger partial charge in [-0.2, -0.15) is 0 Å². The third-order valence-electron chi connectivity index (χ3n) is 7.18. The molecule has 1 aliphatic heterocycles. The van der Waals surface area contributed by atoms with Crippen molar-refractivity contribution in [2.45, 2.75) is 115 Å². The van der Waals surface area contributed by atoms with Gasteiger partial charge in [0.15, 0.2) is 0 Å². The van der Waals surface area contributed by atoms with Crippen LogP contribution < -0.4 is 0 Å². The fourth-order valence-corrected chi connectivity index (χ4v) is 5.89. The first-order valence-electron chi connectivity index (χ1n) is 10.6. The standard InChI is InChI=1S/C21H39N/c1-22-20-16-9-4-2-3-7-12-18(20)14-11-15-19-13-8-5-6-10-17-21(19)22/h18-21H,2-17H2,1H3. The maximum absolute atomic E-state index is 2.92. The molecular formula is C21H39N. The van der Waals surface area contributed by atoms with E-state index in [1.54, 1.807) is 0 Å². The molecule has 128 valence electrons. The van der Waals surface area contributed by atoms with E-state index in [0.29, 0.717) is 0 Å². The lowest BCUT2D eigenvalue weighted by molar-refractivity contribution is 0.0386. The summed E-state index contributed by atoms with van der Waals surface area (Å²) in [5, 5.41) is 0. The van der Waals surface area contributed by atoms with Crippen LogP contribution in [0, 0.1) is 11.8 Å². The van der Waals surface area contributed by atoms with Crippen LogP contribution in [0.1, 0.15) is 103 Å². The highest BCUT2D eigenvalue weighted by atomic mass is 15.2. The second-order valence-corrected chi connectivity index (χ2v) is 8.59. The molecule has 1 heterocycles. The minimum absolute atomic E-state index is 0.908. The van der Waals surface area contributed by atoms with Crippen LogP contribution >= 0.6 is 0 Å². The first-order chi connectivity index (χ1) is 10.9. The summed E-state index contributed by atoms with van der Waals surface area (Å²) >= 11 is 0. The van der Waals surface area contributed by atoms with E-state index in [0.717, 1.165) is 23.9 Å². The number of nitrogens with zero attached hydrogens (tertiary/aromatic N) is 1. The molecule has 0 aromatic rings. The molecule has 1 nitrogen and oxygen atoms in total. The zero-order valence-electron chi connectivity index (χ0n) is 15.1. The first kappa shape index (κ1) is 16.8. The second-order valence-electron chi connectivity index (χ2n) is 8.59. The summed E-state index contributed by atoms with van der Waals surface area (Å²) in [5.41, 5.74) is 0. The smallest absolute Gasteiger partial charge is 0.0123 e. The molecule has 3 rings (SSSR count). The largest absolute Gasteiger partial charge is 0.300 e. The predicted molar refractivity (Wildman–Crippen MR) is 96.2 cm³/mol. The molecule has 3 aliphatic rings. The first-order valence-corrected chi connectivity index (χ1v) is 10.6. The lowest BCUT2D eigenvalue weighted by Gasteiger charge is -2.46. The highest BCUT2D eigenvalue weighted by Crippen LogP contribution is 2.38. The molecule has 0 bridgehead atoms. The molecule has 0 aromatic carbocycles. The van der Waals surface area contributed by atoms with Gasteiger partial charge in [-0.05, 0) is 57.4 Å². The van der Waals surface area contributed by atoms with Crippen molar-refractivity contribution in [3.05, 3.63) is 0 Å². The third-order valence-corrected chi connectivity index (χ3v) is 7.18. The van der Waals surface area contributed by atoms with Crippen LogP contribution in [-0.4, -0.2) is 24.0 Å². The van der Waals surface area contributed by atoms with E-state index in [-0.39, 0.29) is 0 Å². The molecule has 3 fully saturated rings. The van der Waals surface area contributed by atoms with Gasteiger partial charge in [-0.1, -0.05) is 64.2 Å². The van der Waals surface area contributed by atoms with Gasteiger partial charge in [0.05, 0.1) is 0 Å². The average Bonchev–Trinajstić information content (AvgIpc) is 2.60. The molecular weight excluding hydrogens is 266 g/mol. The van der Waals surface area contributed by atoms with Gasteiger partial charge < -0.3 is 0 Å². The van der Waals surface area contributed by atoms with Crippen molar-refractivity contribution in [1.29, 1.82) is 0 Å². The highest BCUT2D eigenvalue weighted by molar-refractivity contribution is 4.89. The predicted octanol–water partition coefficient (Wildman–Crippen LogP) is 6.17. The lowest BCUT2D eigenvalue weighted by atomic mass is 9.76. The molecule has 0 spiro atoms. The number of hydrogen-bond acceptors (Lipinski definition) is 1. The van der Waals surface area contributed by atoms with E-state index in [9.17, 15) is 0 Å². The molecule has 1 saturated heterocycles. The Bertz CT molecular complexity index is 313. The monoisotopic (exact) mass is 305 g/mol. The summed E-state index contributed by atoms with van der Waals surface area (Å²) in [6.07, 6.45) is 24.1. The van der Waals surface area contributed by atoms with Crippen LogP contribution in [0.15, 0.2) is 0 Å². The van der Waals surface area contributed by atoms with Crippen molar-refractivity contribution >= 4 is 0 Å². The number of rotatable bonds is 0. The van der Waals surface area contributed by atoms with Gasteiger partial charge >= 0.3 is 0 Å². The van der Waals surface area contributed by atoms with Crippen molar-refractivity contribution in [2.24, 2.45) is 11.8 Å². The molecule has 2 aliphatic carbocycles. The maximum Gasteiger partial charge on any atom is 0.0123 e.